The van der Waals surface area contributed by atoms with Gasteiger partial charge in [0, 0.05) is 5.41 Å². The Kier molecular flexibility index (Phi) is 1.78. The number of rotatable bonds is 1. The third-order valence-electron chi connectivity index (χ3n) is 3.53. The lowest BCUT2D eigenvalue weighted by Gasteiger charge is -2.04. The molecule has 0 atom stereocenters. The van der Waals surface area contributed by atoms with Gasteiger partial charge in [-0.15, -0.1) is 0 Å². The van der Waals surface area contributed by atoms with Crippen molar-refractivity contribution in [2.45, 2.75) is 20.3 Å². The lowest BCUT2D eigenvalue weighted by atomic mass is 9.94. The van der Waals surface area contributed by atoms with E-state index in [1.807, 2.05) is 24.3 Å². The maximum atomic E-state index is 8.95. The van der Waals surface area contributed by atoms with Gasteiger partial charge >= 0.3 is 0 Å². The molecule has 1 rings (SSSR count). The van der Waals surface area contributed by atoms with Crippen LogP contribution in [0.4, 0.5) is 0 Å². The smallest absolute Gasteiger partial charge is 0.183 e. The van der Waals surface area contributed by atoms with Gasteiger partial charge in [0.15, 0.2) is 10.8 Å². The molecule has 1 fully saturated rings. The Morgan fingerprint density at radius 1 is 0.857 bits per heavy atom. The third kappa shape index (κ3) is 0.555. The van der Waals surface area contributed by atoms with E-state index in [9.17, 15) is 0 Å². The molecule has 0 aromatic heterocycles. The van der Waals surface area contributed by atoms with Crippen molar-refractivity contribution in [3.8, 4) is 24.3 Å². The molecular formula is C10H8N4. The zero-order valence-electron chi connectivity index (χ0n) is 8.00. The summed E-state index contributed by atoms with van der Waals surface area (Å²) in [5.74, 6) is 0. The van der Waals surface area contributed by atoms with Crippen molar-refractivity contribution in [2.75, 3.05) is 0 Å². The highest BCUT2D eigenvalue weighted by molar-refractivity contribution is 5.55. The van der Waals surface area contributed by atoms with Gasteiger partial charge in [0.1, 0.15) is 0 Å². The van der Waals surface area contributed by atoms with Crippen LogP contribution in [0.15, 0.2) is 0 Å². The predicted molar refractivity (Wildman–Crippen MR) is 45.7 cm³/mol. The Morgan fingerprint density at radius 3 is 1.21 bits per heavy atom. The summed E-state index contributed by atoms with van der Waals surface area (Å²) in [6.07, 6.45) is 0.468. The highest BCUT2D eigenvalue weighted by Crippen LogP contribution is 2.78. The van der Waals surface area contributed by atoms with E-state index in [1.165, 1.54) is 0 Å². The molecule has 0 aromatic rings. The third-order valence-corrected chi connectivity index (χ3v) is 3.53. The van der Waals surface area contributed by atoms with Crippen molar-refractivity contribution in [3.05, 3.63) is 0 Å². The Labute approximate surface area is 82.6 Å². The van der Waals surface area contributed by atoms with Crippen LogP contribution in [-0.2, 0) is 0 Å². The van der Waals surface area contributed by atoms with Crippen LogP contribution in [0.5, 0.6) is 0 Å². The molecule has 0 saturated heterocycles. The second kappa shape index (κ2) is 2.47. The van der Waals surface area contributed by atoms with Gasteiger partial charge in [0.05, 0.1) is 24.3 Å². The van der Waals surface area contributed by atoms with Gasteiger partial charge in [-0.1, -0.05) is 13.8 Å². The summed E-state index contributed by atoms with van der Waals surface area (Å²) in [5, 5.41) is 35.8. The monoisotopic (exact) mass is 184 g/mol. The molecule has 0 heterocycles. The normalized spacial score (nSPS) is 23.3. The fourth-order valence-electron chi connectivity index (χ4n) is 2.19. The molecular weight excluding hydrogens is 176 g/mol. The molecule has 0 spiro atoms. The Hall–Kier alpha value is -2.04. The van der Waals surface area contributed by atoms with Crippen molar-refractivity contribution in [1.29, 1.82) is 21.0 Å². The molecule has 0 bridgehead atoms. The number of hydrogen-bond donors (Lipinski definition) is 0. The van der Waals surface area contributed by atoms with Crippen molar-refractivity contribution < 1.29 is 0 Å². The number of nitrogens with zero attached hydrogens (tertiary/aromatic N) is 4. The van der Waals surface area contributed by atoms with Gasteiger partial charge in [-0.25, -0.2) is 0 Å². The lowest BCUT2D eigenvalue weighted by Crippen LogP contribution is -2.05. The molecule has 14 heavy (non-hydrogen) atoms. The van der Waals surface area contributed by atoms with Gasteiger partial charge in [-0.05, 0) is 6.42 Å². The molecule has 0 unspecified atom stereocenters. The minimum atomic E-state index is -1.46. The highest BCUT2D eigenvalue weighted by Gasteiger charge is 2.88. The largest absolute Gasteiger partial charge is 0.196 e. The molecule has 0 aromatic carbocycles. The first kappa shape index (κ1) is 10.0. The summed E-state index contributed by atoms with van der Waals surface area (Å²) in [6, 6.07) is 7.32. The molecule has 1 saturated carbocycles. The molecule has 68 valence electrons. The SMILES string of the molecule is CCC1(C)C(C#N)(C#N)C1(C#N)C#N. The van der Waals surface area contributed by atoms with Crippen LogP contribution in [0.1, 0.15) is 20.3 Å². The molecule has 0 aliphatic heterocycles. The van der Waals surface area contributed by atoms with Crippen molar-refractivity contribution in [3.63, 3.8) is 0 Å². The zero-order valence-corrected chi connectivity index (χ0v) is 8.00. The van der Waals surface area contributed by atoms with Gasteiger partial charge in [0.2, 0.25) is 0 Å². The van der Waals surface area contributed by atoms with Crippen LogP contribution in [0.25, 0.3) is 0 Å². The second-order valence-electron chi connectivity index (χ2n) is 3.63. The van der Waals surface area contributed by atoms with Crippen LogP contribution in [-0.4, -0.2) is 0 Å². The van der Waals surface area contributed by atoms with E-state index in [0.717, 1.165) is 0 Å². The first-order valence-corrected chi connectivity index (χ1v) is 4.21. The lowest BCUT2D eigenvalue weighted by molar-refractivity contribution is 0.455. The zero-order chi connectivity index (χ0) is 11.0. The van der Waals surface area contributed by atoms with E-state index in [2.05, 4.69) is 0 Å². The van der Waals surface area contributed by atoms with Crippen molar-refractivity contribution >= 4 is 0 Å². The summed E-state index contributed by atoms with van der Waals surface area (Å²) in [5.41, 5.74) is -3.75. The van der Waals surface area contributed by atoms with Gasteiger partial charge in [-0.2, -0.15) is 21.0 Å². The molecule has 4 heteroatoms. The van der Waals surface area contributed by atoms with E-state index < -0.39 is 16.2 Å². The average molecular weight is 184 g/mol. The summed E-state index contributed by atoms with van der Waals surface area (Å²) in [4.78, 5) is 0. The van der Waals surface area contributed by atoms with Crippen LogP contribution >= 0.6 is 0 Å². The Bertz CT molecular complexity index is 369. The quantitative estimate of drug-likeness (QED) is 0.616. The maximum Gasteiger partial charge on any atom is 0.183 e. The summed E-state index contributed by atoms with van der Waals surface area (Å²) in [7, 11) is 0. The average Bonchev–Trinajstić information content (AvgIpc) is 2.73. The van der Waals surface area contributed by atoms with Gasteiger partial charge in [-0.3, -0.25) is 0 Å². The first-order valence-electron chi connectivity index (χ1n) is 4.21. The van der Waals surface area contributed by atoms with Gasteiger partial charge < -0.3 is 0 Å². The summed E-state index contributed by atoms with van der Waals surface area (Å²) in [6.45, 7) is 3.42. The van der Waals surface area contributed by atoms with E-state index >= 15 is 0 Å². The van der Waals surface area contributed by atoms with E-state index in [4.69, 9.17) is 21.0 Å². The minimum Gasteiger partial charge on any atom is -0.196 e. The van der Waals surface area contributed by atoms with Crippen LogP contribution < -0.4 is 0 Å². The Balaban J connectivity index is 3.46. The van der Waals surface area contributed by atoms with E-state index in [0.29, 0.717) is 6.42 Å². The molecule has 4 nitrogen and oxygen atoms in total. The summed E-state index contributed by atoms with van der Waals surface area (Å²) < 4.78 is 0. The minimum absolute atomic E-state index is 0.468. The van der Waals surface area contributed by atoms with Crippen LogP contribution in [0, 0.1) is 61.6 Å². The van der Waals surface area contributed by atoms with Crippen molar-refractivity contribution in [2.24, 2.45) is 16.2 Å². The fraction of sp³-hybridized carbons (Fsp3) is 0.600. The Morgan fingerprint density at radius 2 is 1.14 bits per heavy atom. The topological polar surface area (TPSA) is 95.2 Å². The second-order valence-corrected chi connectivity index (χ2v) is 3.63. The maximum absolute atomic E-state index is 8.95. The van der Waals surface area contributed by atoms with E-state index in [1.54, 1.807) is 13.8 Å². The molecule has 0 radical (unpaired) electrons. The number of hydrogen-bond acceptors (Lipinski definition) is 4. The standard InChI is InChI=1S/C10H8N4/c1-3-8(2)9(4-11,5-12)10(8,6-13)7-14/h3H2,1-2H3. The molecule has 0 amide bonds. The van der Waals surface area contributed by atoms with Crippen molar-refractivity contribution in [1.82, 2.24) is 0 Å². The molecule has 0 N–H and O–H groups in total. The van der Waals surface area contributed by atoms with Crippen LogP contribution in [0.3, 0.4) is 0 Å². The number of nitriles is 4. The van der Waals surface area contributed by atoms with Crippen LogP contribution in [0.2, 0.25) is 0 Å². The molecule has 1 aliphatic carbocycles. The first-order chi connectivity index (χ1) is 6.55. The molecule has 1 aliphatic rings. The highest BCUT2D eigenvalue weighted by atomic mass is 14.8. The van der Waals surface area contributed by atoms with Gasteiger partial charge in [0.25, 0.3) is 0 Å². The van der Waals surface area contributed by atoms with E-state index in [-0.39, 0.29) is 0 Å². The fourth-order valence-corrected chi connectivity index (χ4v) is 2.19. The predicted octanol–water partition coefficient (Wildman–Crippen LogP) is 1.48. The summed E-state index contributed by atoms with van der Waals surface area (Å²) >= 11 is 0.